The van der Waals surface area contributed by atoms with Crippen LogP contribution >= 0.6 is 11.6 Å². The summed E-state index contributed by atoms with van der Waals surface area (Å²) in [4.78, 5) is 11.6. The molecule has 0 amide bonds. The van der Waals surface area contributed by atoms with E-state index in [1.165, 1.54) is 6.20 Å². The summed E-state index contributed by atoms with van der Waals surface area (Å²) in [5.74, 6) is 1.15. The lowest BCUT2D eigenvalue weighted by atomic mass is 10.0. The Hall–Kier alpha value is -3.80. The largest absolute Gasteiger partial charge is 0.493 e. The van der Waals surface area contributed by atoms with Gasteiger partial charge >= 0.3 is 0 Å². The first-order valence-corrected chi connectivity index (χ1v) is 10.1. The van der Waals surface area contributed by atoms with E-state index in [0.717, 1.165) is 10.9 Å². The fourth-order valence-corrected chi connectivity index (χ4v) is 3.53. The van der Waals surface area contributed by atoms with Gasteiger partial charge in [0, 0.05) is 36.7 Å². The van der Waals surface area contributed by atoms with Crippen LogP contribution in [0, 0.1) is 11.3 Å². The zero-order valence-electron chi connectivity index (χ0n) is 17.5. The Morgan fingerprint density at radius 1 is 1.12 bits per heavy atom. The second-order valence-corrected chi connectivity index (χ2v) is 7.16. The van der Waals surface area contributed by atoms with Crippen LogP contribution in [-0.2, 0) is 4.74 Å². The number of ether oxygens (including phenoxy) is 3. The highest BCUT2D eigenvalue weighted by Gasteiger charge is 2.16. The number of fused-ring (bicyclic) bond motifs is 1. The van der Waals surface area contributed by atoms with Crippen molar-refractivity contribution in [3.05, 3.63) is 59.6 Å². The third kappa shape index (κ3) is 4.17. The van der Waals surface area contributed by atoms with Gasteiger partial charge in [-0.2, -0.15) is 5.26 Å². The van der Waals surface area contributed by atoms with Gasteiger partial charge in [-0.25, -0.2) is 4.98 Å². The smallest absolute Gasteiger partial charge is 0.161 e. The molecular formula is C23H20ClN5O3. The van der Waals surface area contributed by atoms with E-state index in [2.05, 4.69) is 26.3 Å². The Bertz CT molecular complexity index is 1300. The summed E-state index contributed by atoms with van der Waals surface area (Å²) in [7, 11) is 3.19. The van der Waals surface area contributed by atoms with E-state index in [1.807, 2.05) is 24.3 Å². The molecule has 9 heteroatoms. The number of nitrogens with zero attached hydrogens (tertiary/aromatic N) is 3. The van der Waals surface area contributed by atoms with Crippen molar-refractivity contribution < 1.29 is 14.2 Å². The van der Waals surface area contributed by atoms with Crippen LogP contribution in [0.4, 0.5) is 11.4 Å². The van der Waals surface area contributed by atoms with Gasteiger partial charge in [0.05, 0.1) is 41.9 Å². The van der Waals surface area contributed by atoms with Crippen LogP contribution in [0.2, 0.25) is 5.02 Å². The molecule has 32 heavy (non-hydrogen) atoms. The Kier molecular flexibility index (Phi) is 6.40. The van der Waals surface area contributed by atoms with Crippen LogP contribution in [0.1, 0.15) is 5.56 Å². The van der Waals surface area contributed by atoms with E-state index in [4.69, 9.17) is 25.8 Å². The molecule has 3 heterocycles. The first kappa shape index (κ1) is 21.4. The molecule has 1 aromatic carbocycles. The molecule has 3 aromatic heterocycles. The standard InChI is InChI=1S/C23H20ClN5O3/c1-30-7-8-32-19-4-3-14(9-20(19)31-2)17-12-26-11-15(10-25)22(17)29-18-13-28-23-16(21(18)24)5-6-27-23/h3-6,9,11-13H,7-8H2,1-2H3,(H,26,29)(H,27,28). The fourth-order valence-electron chi connectivity index (χ4n) is 3.29. The average molecular weight is 450 g/mol. The molecule has 8 nitrogen and oxygen atoms in total. The summed E-state index contributed by atoms with van der Waals surface area (Å²) in [6.45, 7) is 0.866. The first-order chi connectivity index (χ1) is 15.7. The monoisotopic (exact) mass is 449 g/mol. The molecule has 0 saturated heterocycles. The summed E-state index contributed by atoms with van der Waals surface area (Å²) < 4.78 is 16.3. The summed E-state index contributed by atoms with van der Waals surface area (Å²) in [5, 5.41) is 14.3. The van der Waals surface area contributed by atoms with Gasteiger partial charge in [-0.1, -0.05) is 17.7 Å². The summed E-state index contributed by atoms with van der Waals surface area (Å²) in [6.07, 6.45) is 6.58. The van der Waals surface area contributed by atoms with Gasteiger partial charge in [-0.05, 0) is 23.8 Å². The van der Waals surface area contributed by atoms with E-state index in [-0.39, 0.29) is 0 Å². The highest BCUT2D eigenvalue weighted by molar-refractivity contribution is 6.38. The normalized spacial score (nSPS) is 10.7. The number of halogens is 1. The van der Waals surface area contributed by atoms with Crippen molar-refractivity contribution in [3.63, 3.8) is 0 Å². The van der Waals surface area contributed by atoms with Crippen molar-refractivity contribution in [3.8, 4) is 28.7 Å². The zero-order valence-corrected chi connectivity index (χ0v) is 18.2. The predicted molar refractivity (Wildman–Crippen MR) is 123 cm³/mol. The van der Waals surface area contributed by atoms with Crippen LogP contribution in [0.5, 0.6) is 11.5 Å². The maximum Gasteiger partial charge on any atom is 0.161 e. The number of anilines is 2. The third-order valence-corrected chi connectivity index (χ3v) is 5.27. The van der Waals surface area contributed by atoms with E-state index in [9.17, 15) is 5.26 Å². The molecule has 0 aliphatic heterocycles. The van der Waals surface area contributed by atoms with Gasteiger partial charge in [0.25, 0.3) is 0 Å². The molecule has 0 fully saturated rings. The lowest BCUT2D eigenvalue weighted by molar-refractivity contribution is 0.144. The van der Waals surface area contributed by atoms with Crippen molar-refractivity contribution in [2.45, 2.75) is 0 Å². The molecule has 0 unspecified atom stereocenters. The van der Waals surface area contributed by atoms with Gasteiger partial charge in [-0.3, -0.25) is 4.98 Å². The van der Waals surface area contributed by atoms with Crippen molar-refractivity contribution >= 4 is 34.0 Å². The lowest BCUT2D eigenvalue weighted by Gasteiger charge is -2.16. The molecular weight excluding hydrogens is 430 g/mol. The summed E-state index contributed by atoms with van der Waals surface area (Å²) in [6, 6.07) is 9.56. The predicted octanol–water partition coefficient (Wildman–Crippen LogP) is 4.93. The van der Waals surface area contributed by atoms with Gasteiger partial charge < -0.3 is 24.5 Å². The number of hydrogen-bond acceptors (Lipinski definition) is 7. The van der Waals surface area contributed by atoms with Crippen LogP contribution in [0.15, 0.2) is 49.1 Å². The highest BCUT2D eigenvalue weighted by atomic mass is 35.5. The van der Waals surface area contributed by atoms with Gasteiger partial charge in [0.1, 0.15) is 18.3 Å². The average Bonchev–Trinajstić information content (AvgIpc) is 3.31. The Morgan fingerprint density at radius 3 is 2.78 bits per heavy atom. The number of H-pyrrole nitrogens is 1. The highest BCUT2D eigenvalue weighted by Crippen LogP contribution is 2.39. The number of aromatic nitrogens is 3. The molecule has 0 spiro atoms. The summed E-state index contributed by atoms with van der Waals surface area (Å²) >= 11 is 6.59. The molecule has 0 radical (unpaired) electrons. The number of benzene rings is 1. The fraction of sp³-hybridized carbons (Fsp3) is 0.174. The minimum Gasteiger partial charge on any atom is -0.493 e. The van der Waals surface area contributed by atoms with Crippen LogP contribution in [-0.4, -0.2) is 42.4 Å². The number of pyridine rings is 2. The molecule has 0 aliphatic carbocycles. The zero-order chi connectivity index (χ0) is 22.5. The minimum absolute atomic E-state index is 0.368. The Labute approximate surface area is 189 Å². The summed E-state index contributed by atoms with van der Waals surface area (Å²) in [5.41, 5.74) is 3.69. The van der Waals surface area contributed by atoms with Crippen LogP contribution in [0.3, 0.4) is 0 Å². The second kappa shape index (κ2) is 9.56. The first-order valence-electron chi connectivity index (χ1n) is 9.73. The second-order valence-electron chi connectivity index (χ2n) is 6.78. The number of hydrogen-bond donors (Lipinski definition) is 2. The quantitative estimate of drug-likeness (QED) is 0.367. The molecule has 4 rings (SSSR count). The van der Waals surface area contributed by atoms with E-state index in [1.54, 1.807) is 32.8 Å². The molecule has 0 saturated carbocycles. The number of aromatic amines is 1. The topological polar surface area (TPSA) is 105 Å². The minimum atomic E-state index is 0.368. The molecule has 2 N–H and O–H groups in total. The van der Waals surface area contributed by atoms with E-state index in [0.29, 0.717) is 57.9 Å². The van der Waals surface area contributed by atoms with E-state index < -0.39 is 0 Å². The molecule has 0 atom stereocenters. The third-order valence-electron chi connectivity index (χ3n) is 4.87. The van der Waals surface area contributed by atoms with E-state index >= 15 is 0 Å². The number of methoxy groups -OCH3 is 2. The van der Waals surface area contributed by atoms with Crippen molar-refractivity contribution in [2.75, 3.05) is 32.8 Å². The Balaban J connectivity index is 1.75. The SMILES string of the molecule is COCCOc1ccc(-c2cncc(C#N)c2Nc2cnc3[nH]ccc3c2Cl)cc1OC. The van der Waals surface area contributed by atoms with Gasteiger partial charge in [-0.15, -0.1) is 0 Å². The Morgan fingerprint density at radius 2 is 2.00 bits per heavy atom. The maximum absolute atomic E-state index is 9.70. The molecule has 0 bridgehead atoms. The molecule has 162 valence electrons. The maximum atomic E-state index is 9.70. The lowest BCUT2D eigenvalue weighted by Crippen LogP contribution is -2.05. The number of nitriles is 1. The van der Waals surface area contributed by atoms with Gasteiger partial charge in [0.2, 0.25) is 0 Å². The van der Waals surface area contributed by atoms with Gasteiger partial charge in [0.15, 0.2) is 11.5 Å². The number of rotatable bonds is 8. The van der Waals surface area contributed by atoms with Crippen LogP contribution < -0.4 is 14.8 Å². The number of nitrogens with one attached hydrogen (secondary N) is 2. The van der Waals surface area contributed by atoms with Crippen molar-refractivity contribution in [1.82, 2.24) is 15.0 Å². The molecule has 4 aromatic rings. The molecule has 0 aliphatic rings. The van der Waals surface area contributed by atoms with Crippen molar-refractivity contribution in [1.29, 1.82) is 5.26 Å². The van der Waals surface area contributed by atoms with Crippen molar-refractivity contribution in [2.24, 2.45) is 0 Å². The van der Waals surface area contributed by atoms with Crippen LogP contribution in [0.25, 0.3) is 22.2 Å².